The molecule has 3 N–H and O–H groups in total. The highest BCUT2D eigenvalue weighted by Gasteiger charge is 2.21. The molecule has 0 aliphatic rings. The van der Waals surface area contributed by atoms with Crippen molar-refractivity contribution in [2.45, 2.75) is 19.9 Å². The Balaban J connectivity index is 1.65. The van der Waals surface area contributed by atoms with Gasteiger partial charge in [-0.15, -0.1) is 11.3 Å². The molecule has 5 rings (SSSR count). The zero-order chi connectivity index (χ0) is 25.2. The number of hydrogen-bond acceptors (Lipinski definition) is 8. The lowest BCUT2D eigenvalue weighted by atomic mass is 10.2. The fourth-order valence-corrected chi connectivity index (χ4v) is 4.75. The van der Waals surface area contributed by atoms with Crippen LogP contribution in [0, 0.1) is 0 Å². The van der Waals surface area contributed by atoms with Gasteiger partial charge in [0.2, 0.25) is 0 Å². The molecule has 1 atom stereocenters. The first kappa shape index (κ1) is 23.6. The van der Waals surface area contributed by atoms with E-state index in [9.17, 15) is 9.59 Å². The first-order valence-corrected chi connectivity index (χ1v) is 12.4. The second-order valence-electron chi connectivity index (χ2n) is 7.87. The quantitative estimate of drug-likeness (QED) is 0.295. The molecule has 3 aromatic heterocycles. The fourth-order valence-electron chi connectivity index (χ4n) is 3.87. The summed E-state index contributed by atoms with van der Waals surface area (Å²) in [6.07, 6.45) is 1.47. The van der Waals surface area contributed by atoms with Crippen molar-refractivity contribution in [2.24, 2.45) is 0 Å². The van der Waals surface area contributed by atoms with Gasteiger partial charge in [-0.05, 0) is 44.2 Å². The van der Waals surface area contributed by atoms with Crippen LogP contribution < -0.4 is 21.5 Å². The number of nitrogens with one attached hydrogen (secondary N) is 3. The minimum Gasteiger partial charge on any atom is -0.358 e. The second kappa shape index (κ2) is 9.88. The van der Waals surface area contributed by atoms with E-state index in [4.69, 9.17) is 16.6 Å². The van der Waals surface area contributed by atoms with Crippen LogP contribution in [0.1, 0.15) is 25.7 Å². The topological polar surface area (TPSA) is 127 Å². The van der Waals surface area contributed by atoms with Crippen LogP contribution in [0.15, 0.2) is 59.1 Å². The number of fused-ring (bicyclic) bond motifs is 2. The van der Waals surface area contributed by atoms with Crippen LogP contribution in [0.2, 0.25) is 5.02 Å². The molecule has 0 spiro atoms. The van der Waals surface area contributed by atoms with E-state index in [1.807, 2.05) is 13.8 Å². The van der Waals surface area contributed by atoms with E-state index in [-0.39, 0.29) is 11.6 Å². The van der Waals surface area contributed by atoms with Crippen LogP contribution >= 0.6 is 22.9 Å². The smallest absolute Gasteiger partial charge is 0.319 e. The maximum atomic E-state index is 13.8. The first-order chi connectivity index (χ1) is 17.5. The fraction of sp³-hybridized carbons (Fsp3) is 0.167. The van der Waals surface area contributed by atoms with Gasteiger partial charge in [0.1, 0.15) is 22.5 Å². The van der Waals surface area contributed by atoms with Crippen LogP contribution in [-0.2, 0) is 0 Å². The number of hydrogen-bond donors (Lipinski definition) is 3. The van der Waals surface area contributed by atoms with Gasteiger partial charge in [0.15, 0.2) is 5.82 Å². The molecule has 0 radical (unpaired) electrons. The number of carbonyl (C=O) groups excluding carboxylic acids is 1. The van der Waals surface area contributed by atoms with Crippen LogP contribution in [0.4, 0.5) is 16.3 Å². The van der Waals surface area contributed by atoms with Crippen molar-refractivity contribution in [3.8, 4) is 5.69 Å². The van der Waals surface area contributed by atoms with Crippen molar-refractivity contribution in [1.29, 1.82) is 0 Å². The van der Waals surface area contributed by atoms with Gasteiger partial charge in [-0.2, -0.15) is 0 Å². The Hall–Kier alpha value is -4.09. The summed E-state index contributed by atoms with van der Waals surface area (Å²) < 4.78 is 1.49. The molecule has 0 aliphatic heterocycles. The first-order valence-electron chi connectivity index (χ1n) is 11.1. The third kappa shape index (κ3) is 4.45. The Labute approximate surface area is 214 Å². The lowest BCUT2D eigenvalue weighted by Gasteiger charge is -2.21. The van der Waals surface area contributed by atoms with Crippen molar-refractivity contribution >= 4 is 61.7 Å². The molecular formula is C24H21ClN8O2S. The highest BCUT2D eigenvalue weighted by atomic mass is 35.5. The number of anilines is 2. The number of nitrogens with zero attached hydrogens (tertiary/aromatic N) is 5. The van der Waals surface area contributed by atoms with E-state index in [0.717, 1.165) is 4.83 Å². The number of halogens is 1. The summed E-state index contributed by atoms with van der Waals surface area (Å²) in [5, 5.41) is 9.41. The summed E-state index contributed by atoms with van der Waals surface area (Å²) in [4.78, 5) is 44.4. The number of amides is 2. The van der Waals surface area contributed by atoms with E-state index < -0.39 is 6.04 Å². The molecule has 12 heteroatoms. The number of aromatic nitrogens is 5. The summed E-state index contributed by atoms with van der Waals surface area (Å²) in [6, 6.07) is 11.3. The van der Waals surface area contributed by atoms with Gasteiger partial charge >= 0.3 is 6.03 Å². The van der Waals surface area contributed by atoms with Gasteiger partial charge in [0.05, 0.1) is 33.2 Å². The van der Waals surface area contributed by atoms with Gasteiger partial charge in [0.25, 0.3) is 5.56 Å². The molecule has 36 heavy (non-hydrogen) atoms. The average molecular weight is 521 g/mol. The van der Waals surface area contributed by atoms with Crippen molar-refractivity contribution < 1.29 is 4.79 Å². The summed E-state index contributed by atoms with van der Waals surface area (Å²) in [5.41, 5.74) is 3.54. The van der Waals surface area contributed by atoms with Crippen molar-refractivity contribution in [3.05, 3.63) is 75.5 Å². The average Bonchev–Trinajstić information content (AvgIpc) is 3.34. The van der Waals surface area contributed by atoms with Gasteiger partial charge in [-0.3, -0.25) is 9.36 Å². The molecule has 0 fully saturated rings. The maximum Gasteiger partial charge on any atom is 0.319 e. The zero-order valence-electron chi connectivity index (χ0n) is 19.3. The maximum absolute atomic E-state index is 13.8. The van der Waals surface area contributed by atoms with Crippen LogP contribution in [0.3, 0.4) is 0 Å². The number of thiazole rings is 1. The van der Waals surface area contributed by atoms with E-state index >= 15 is 0 Å². The van der Waals surface area contributed by atoms with E-state index in [0.29, 0.717) is 51.0 Å². The van der Waals surface area contributed by atoms with E-state index in [2.05, 4.69) is 30.9 Å². The standard InChI is InChI=1S/C24H21ClN8O2S/c1-3-26-24(35)31-14-6-4-7-15(10-14)33-21(32-17-9-5-8-16(25)18(17)23(33)34)13(2)30-20-19-22(28-11-27-20)36-12-29-19/h4-13H,3H2,1-2H3,(H2,26,31,35)(H,27,28,30)/t13-/m0/s1. The lowest BCUT2D eigenvalue weighted by Crippen LogP contribution is -2.29. The lowest BCUT2D eigenvalue weighted by molar-refractivity contribution is 0.252. The molecule has 3 heterocycles. The molecule has 2 amide bonds. The van der Waals surface area contributed by atoms with Crippen molar-refractivity contribution in [2.75, 3.05) is 17.2 Å². The molecule has 2 aromatic carbocycles. The Kier molecular flexibility index (Phi) is 6.49. The van der Waals surface area contributed by atoms with Crippen LogP contribution in [0.25, 0.3) is 26.9 Å². The van der Waals surface area contributed by atoms with Gasteiger partial charge in [-0.25, -0.2) is 24.7 Å². The summed E-state index contributed by atoms with van der Waals surface area (Å²) in [5.74, 6) is 0.972. The molecule has 0 saturated heterocycles. The molecule has 0 bridgehead atoms. The van der Waals surface area contributed by atoms with Crippen LogP contribution in [-0.4, -0.2) is 37.1 Å². The minimum atomic E-state index is -0.458. The third-order valence-corrected chi connectivity index (χ3v) is 6.50. The third-order valence-electron chi connectivity index (χ3n) is 5.45. The summed E-state index contributed by atoms with van der Waals surface area (Å²) >= 11 is 7.83. The number of benzene rings is 2. The Bertz CT molecular complexity index is 1650. The normalized spacial score (nSPS) is 12.0. The van der Waals surface area contributed by atoms with Gasteiger partial charge < -0.3 is 16.0 Å². The monoisotopic (exact) mass is 520 g/mol. The number of urea groups is 1. The second-order valence-corrected chi connectivity index (χ2v) is 9.11. The molecular weight excluding hydrogens is 500 g/mol. The van der Waals surface area contributed by atoms with E-state index in [1.54, 1.807) is 48.0 Å². The van der Waals surface area contributed by atoms with Crippen molar-refractivity contribution in [3.63, 3.8) is 0 Å². The molecule has 5 aromatic rings. The highest BCUT2D eigenvalue weighted by molar-refractivity contribution is 7.16. The number of rotatable bonds is 6. The van der Waals surface area contributed by atoms with E-state index in [1.165, 1.54) is 22.2 Å². The van der Waals surface area contributed by atoms with Gasteiger partial charge in [0, 0.05) is 12.2 Å². The molecule has 0 saturated carbocycles. The summed E-state index contributed by atoms with van der Waals surface area (Å²) in [7, 11) is 0. The molecule has 0 aliphatic carbocycles. The zero-order valence-corrected chi connectivity index (χ0v) is 20.9. The highest BCUT2D eigenvalue weighted by Crippen LogP contribution is 2.27. The predicted octanol–water partition coefficient (Wildman–Crippen LogP) is 4.75. The Morgan fingerprint density at radius 3 is 2.83 bits per heavy atom. The number of carbonyl (C=O) groups is 1. The van der Waals surface area contributed by atoms with Crippen molar-refractivity contribution in [1.82, 2.24) is 29.8 Å². The molecule has 0 unspecified atom stereocenters. The molecule has 10 nitrogen and oxygen atoms in total. The SMILES string of the molecule is CCNC(=O)Nc1cccc(-n2c([C@H](C)Nc3ncnc4scnc34)nc3cccc(Cl)c3c2=O)c1. The Morgan fingerprint density at radius 2 is 2.00 bits per heavy atom. The Morgan fingerprint density at radius 1 is 1.17 bits per heavy atom. The summed E-state index contributed by atoms with van der Waals surface area (Å²) in [6.45, 7) is 4.20. The molecule has 182 valence electrons. The largest absolute Gasteiger partial charge is 0.358 e. The predicted molar refractivity (Wildman–Crippen MR) is 142 cm³/mol. The van der Waals surface area contributed by atoms with Gasteiger partial charge in [-0.1, -0.05) is 23.7 Å². The minimum absolute atomic E-state index is 0.307. The van der Waals surface area contributed by atoms with Crippen LogP contribution in [0.5, 0.6) is 0 Å².